The first-order chi connectivity index (χ1) is 13.5. The van der Waals surface area contributed by atoms with Gasteiger partial charge >= 0.3 is 0 Å². The van der Waals surface area contributed by atoms with E-state index < -0.39 is 0 Å². The second-order valence-corrected chi connectivity index (χ2v) is 7.17. The van der Waals surface area contributed by atoms with Gasteiger partial charge in [-0.2, -0.15) is 14.9 Å². The summed E-state index contributed by atoms with van der Waals surface area (Å²) in [7, 11) is 0. The minimum absolute atomic E-state index is 0.399. The van der Waals surface area contributed by atoms with E-state index in [9.17, 15) is 0 Å². The highest BCUT2D eigenvalue weighted by atomic mass is 35.5. The van der Waals surface area contributed by atoms with Crippen LogP contribution in [0.4, 0.5) is 0 Å². The van der Waals surface area contributed by atoms with Crippen LogP contribution in [-0.2, 0) is 6.54 Å². The van der Waals surface area contributed by atoms with Crippen molar-refractivity contribution in [3.05, 3.63) is 81.2 Å². The van der Waals surface area contributed by atoms with Gasteiger partial charge in [-0.05, 0) is 56.4 Å². The molecule has 3 heterocycles. The predicted molar refractivity (Wildman–Crippen MR) is 113 cm³/mol. The van der Waals surface area contributed by atoms with E-state index in [0.29, 0.717) is 22.2 Å². The SMILES string of the molecule is Cc1cc(/C=N\n2c(-c3ccccc3Cl)n[nH]c2=S)c(C)n1Cc1ccco1. The molecule has 0 atom stereocenters. The first-order valence-electron chi connectivity index (χ1n) is 8.70. The Morgan fingerprint density at radius 3 is 2.82 bits per heavy atom. The lowest BCUT2D eigenvalue weighted by atomic mass is 10.2. The van der Waals surface area contributed by atoms with Crippen molar-refractivity contribution in [1.82, 2.24) is 19.4 Å². The second-order valence-electron chi connectivity index (χ2n) is 6.38. The molecule has 6 nitrogen and oxygen atoms in total. The Kier molecular flexibility index (Phi) is 5.02. The van der Waals surface area contributed by atoms with Gasteiger partial charge in [-0.3, -0.25) is 0 Å². The van der Waals surface area contributed by atoms with Crippen molar-refractivity contribution < 1.29 is 4.42 Å². The molecular weight excluding hydrogens is 394 g/mol. The molecule has 0 unspecified atom stereocenters. The number of H-pyrrole nitrogens is 1. The van der Waals surface area contributed by atoms with Crippen LogP contribution in [0, 0.1) is 18.6 Å². The van der Waals surface area contributed by atoms with Crippen molar-refractivity contribution >= 4 is 30.0 Å². The lowest BCUT2D eigenvalue weighted by molar-refractivity contribution is 0.489. The van der Waals surface area contributed by atoms with Crippen molar-refractivity contribution in [2.24, 2.45) is 5.10 Å². The summed E-state index contributed by atoms with van der Waals surface area (Å²) >= 11 is 11.7. The fourth-order valence-corrected chi connectivity index (χ4v) is 3.50. The van der Waals surface area contributed by atoms with E-state index in [4.69, 9.17) is 28.2 Å². The fraction of sp³-hybridized carbons (Fsp3) is 0.150. The number of aryl methyl sites for hydroxylation is 1. The van der Waals surface area contributed by atoms with E-state index in [0.717, 1.165) is 28.3 Å². The van der Waals surface area contributed by atoms with Crippen molar-refractivity contribution in [3.63, 3.8) is 0 Å². The Bertz CT molecular complexity index is 1200. The minimum atomic E-state index is 0.399. The molecule has 1 aromatic carbocycles. The highest BCUT2D eigenvalue weighted by Gasteiger charge is 2.13. The standard InChI is InChI=1S/C20H18ClN5OS/c1-13-10-15(14(2)25(13)12-16-6-5-9-27-16)11-22-26-19(23-24-20(26)28)17-7-3-4-8-18(17)21/h3-11H,12H2,1-2H3,(H,24,28)/b22-11-. The number of nitrogens with one attached hydrogen (secondary N) is 1. The molecule has 0 fully saturated rings. The number of aromatic nitrogens is 4. The van der Waals surface area contributed by atoms with Crippen molar-refractivity contribution in [2.45, 2.75) is 20.4 Å². The zero-order chi connectivity index (χ0) is 19.7. The lowest BCUT2D eigenvalue weighted by Crippen LogP contribution is -2.03. The number of halogens is 1. The van der Waals surface area contributed by atoms with Crippen molar-refractivity contribution in [1.29, 1.82) is 0 Å². The van der Waals surface area contributed by atoms with E-state index >= 15 is 0 Å². The molecule has 0 aliphatic rings. The van der Waals surface area contributed by atoms with Gasteiger partial charge in [0.1, 0.15) is 5.76 Å². The normalized spacial score (nSPS) is 11.5. The third-order valence-corrected chi connectivity index (χ3v) is 5.18. The molecule has 0 aliphatic carbocycles. The first kappa shape index (κ1) is 18.5. The Morgan fingerprint density at radius 1 is 1.25 bits per heavy atom. The predicted octanol–water partition coefficient (Wildman–Crippen LogP) is 5.20. The van der Waals surface area contributed by atoms with Crippen LogP contribution in [-0.4, -0.2) is 25.7 Å². The highest BCUT2D eigenvalue weighted by Crippen LogP contribution is 2.26. The van der Waals surface area contributed by atoms with Gasteiger partial charge in [-0.1, -0.05) is 23.7 Å². The summed E-state index contributed by atoms with van der Waals surface area (Å²) in [6, 6.07) is 13.4. The smallest absolute Gasteiger partial charge is 0.216 e. The molecule has 4 aromatic rings. The highest BCUT2D eigenvalue weighted by molar-refractivity contribution is 7.71. The summed E-state index contributed by atoms with van der Waals surface area (Å²) in [5.41, 5.74) is 3.97. The van der Waals surface area contributed by atoms with Gasteiger partial charge in [0.2, 0.25) is 4.77 Å². The monoisotopic (exact) mass is 411 g/mol. The van der Waals surface area contributed by atoms with Crippen LogP contribution in [0.25, 0.3) is 11.4 Å². The van der Waals surface area contributed by atoms with Crippen LogP contribution in [0.15, 0.2) is 58.2 Å². The summed E-state index contributed by atoms with van der Waals surface area (Å²) in [6.07, 6.45) is 3.47. The zero-order valence-corrected chi connectivity index (χ0v) is 17.0. The largest absolute Gasteiger partial charge is 0.467 e. The molecule has 3 aromatic heterocycles. The molecule has 0 aliphatic heterocycles. The number of hydrogen-bond acceptors (Lipinski definition) is 4. The third-order valence-electron chi connectivity index (χ3n) is 4.58. The summed E-state index contributed by atoms with van der Waals surface area (Å²) in [4.78, 5) is 0. The summed E-state index contributed by atoms with van der Waals surface area (Å²) < 4.78 is 9.63. The number of furan rings is 1. The minimum Gasteiger partial charge on any atom is -0.467 e. The number of rotatable bonds is 5. The van der Waals surface area contributed by atoms with E-state index in [1.54, 1.807) is 17.2 Å². The van der Waals surface area contributed by atoms with Crippen LogP contribution in [0.1, 0.15) is 22.7 Å². The topological polar surface area (TPSA) is 64.0 Å². The van der Waals surface area contributed by atoms with E-state index in [2.05, 4.69) is 39.8 Å². The molecule has 1 N–H and O–H groups in total. The van der Waals surface area contributed by atoms with Crippen molar-refractivity contribution in [3.8, 4) is 11.4 Å². The van der Waals surface area contributed by atoms with E-state index in [1.165, 1.54) is 0 Å². The van der Waals surface area contributed by atoms with Crippen LogP contribution in [0.2, 0.25) is 5.02 Å². The van der Waals surface area contributed by atoms with Gasteiger partial charge in [0.05, 0.1) is 24.0 Å². The summed E-state index contributed by atoms with van der Waals surface area (Å²) in [5.74, 6) is 1.47. The first-order valence-corrected chi connectivity index (χ1v) is 9.49. The molecule has 0 saturated heterocycles. The second kappa shape index (κ2) is 7.61. The van der Waals surface area contributed by atoms with Crippen molar-refractivity contribution in [2.75, 3.05) is 0 Å². The van der Waals surface area contributed by atoms with Crippen LogP contribution < -0.4 is 0 Å². The van der Waals surface area contributed by atoms with Crippen LogP contribution >= 0.6 is 23.8 Å². The lowest BCUT2D eigenvalue weighted by Gasteiger charge is -2.07. The molecular formula is C20H18ClN5OS. The Balaban J connectivity index is 1.69. The molecule has 8 heteroatoms. The van der Waals surface area contributed by atoms with Gasteiger partial charge in [-0.15, -0.1) is 0 Å². The maximum atomic E-state index is 6.31. The maximum Gasteiger partial charge on any atom is 0.216 e. The number of benzene rings is 1. The van der Waals surface area contributed by atoms with Crippen LogP contribution in [0.5, 0.6) is 0 Å². The molecule has 142 valence electrons. The molecule has 0 amide bonds. The van der Waals surface area contributed by atoms with E-state index in [1.807, 2.05) is 36.4 Å². The Hall–Kier alpha value is -2.90. The average Bonchev–Trinajstić information content (AvgIpc) is 3.38. The van der Waals surface area contributed by atoms with Crippen LogP contribution in [0.3, 0.4) is 0 Å². The number of hydrogen-bond donors (Lipinski definition) is 1. The number of aromatic amines is 1. The third kappa shape index (κ3) is 3.46. The molecule has 0 spiro atoms. The summed E-state index contributed by atoms with van der Waals surface area (Å²) in [6.45, 7) is 4.79. The average molecular weight is 412 g/mol. The van der Waals surface area contributed by atoms with E-state index in [-0.39, 0.29) is 0 Å². The van der Waals surface area contributed by atoms with Gasteiger partial charge in [0, 0.05) is 22.5 Å². The molecule has 0 bridgehead atoms. The quantitative estimate of drug-likeness (QED) is 0.362. The molecule has 28 heavy (non-hydrogen) atoms. The van der Waals surface area contributed by atoms with Gasteiger partial charge in [0.25, 0.3) is 0 Å². The Labute approximate surface area is 172 Å². The van der Waals surface area contributed by atoms with Gasteiger partial charge in [-0.25, -0.2) is 5.10 Å². The molecule has 4 rings (SSSR count). The maximum absolute atomic E-state index is 6.31. The zero-order valence-electron chi connectivity index (χ0n) is 15.4. The fourth-order valence-electron chi connectivity index (χ4n) is 3.10. The van der Waals surface area contributed by atoms with Gasteiger partial charge in [0.15, 0.2) is 5.82 Å². The molecule has 0 radical (unpaired) electrons. The van der Waals surface area contributed by atoms with Gasteiger partial charge < -0.3 is 8.98 Å². The summed E-state index contributed by atoms with van der Waals surface area (Å²) in [5, 5.41) is 12.2. The molecule has 0 saturated carbocycles. The Morgan fingerprint density at radius 2 is 2.07 bits per heavy atom. The number of nitrogens with zero attached hydrogens (tertiary/aromatic N) is 4.